The second-order valence-electron chi connectivity index (χ2n) is 8.73. The molecule has 1 spiro atoms. The van der Waals surface area contributed by atoms with E-state index < -0.39 is 5.79 Å². The third-order valence-electron chi connectivity index (χ3n) is 5.93. The van der Waals surface area contributed by atoms with Gasteiger partial charge in [-0.15, -0.1) is 0 Å². The number of ether oxygens (including phenoxy) is 2. The van der Waals surface area contributed by atoms with Crippen LogP contribution in [0.25, 0.3) is 0 Å². The van der Waals surface area contributed by atoms with Gasteiger partial charge < -0.3 is 14.4 Å². The van der Waals surface area contributed by atoms with E-state index in [1.165, 1.54) is 0 Å². The average Bonchev–Trinajstić information content (AvgIpc) is 3.00. The van der Waals surface area contributed by atoms with Gasteiger partial charge in [-0.2, -0.15) is 0 Å². The van der Waals surface area contributed by atoms with E-state index in [1.807, 2.05) is 12.3 Å². The van der Waals surface area contributed by atoms with Crippen molar-refractivity contribution in [1.29, 1.82) is 0 Å². The molecule has 1 aromatic carbocycles. The molecular weight excluding hydrogens is 376 g/mol. The second kappa shape index (κ2) is 6.28. The van der Waals surface area contributed by atoms with Crippen LogP contribution < -0.4 is 4.90 Å². The van der Waals surface area contributed by atoms with Crippen LogP contribution in [0.4, 0.5) is 5.69 Å². The Balaban J connectivity index is 1.54. The van der Waals surface area contributed by atoms with Crippen LogP contribution in [-0.4, -0.2) is 24.1 Å². The number of anilines is 1. The smallest absolute Gasteiger partial charge is 0.258 e. The van der Waals surface area contributed by atoms with Crippen LogP contribution in [-0.2, 0) is 28.2 Å². The zero-order valence-corrected chi connectivity index (χ0v) is 16.9. The summed E-state index contributed by atoms with van der Waals surface area (Å²) in [7, 11) is 0. The lowest BCUT2D eigenvalue weighted by atomic mass is 9.84. The first-order valence-corrected chi connectivity index (χ1v) is 10.1. The highest BCUT2D eigenvalue weighted by molar-refractivity contribution is 6.31. The summed E-state index contributed by atoms with van der Waals surface area (Å²) in [6, 6.07) is 5.44. The van der Waals surface area contributed by atoms with Gasteiger partial charge in [-0.25, -0.2) is 0 Å². The van der Waals surface area contributed by atoms with Gasteiger partial charge in [-0.1, -0.05) is 25.4 Å². The Morgan fingerprint density at radius 3 is 2.75 bits per heavy atom. The molecule has 1 amide bonds. The summed E-state index contributed by atoms with van der Waals surface area (Å²) >= 11 is 6.13. The van der Waals surface area contributed by atoms with Gasteiger partial charge in [0.25, 0.3) is 5.91 Å². The zero-order valence-electron chi connectivity index (χ0n) is 16.1. The van der Waals surface area contributed by atoms with E-state index in [0.29, 0.717) is 30.3 Å². The highest BCUT2D eigenvalue weighted by Crippen LogP contribution is 2.47. The minimum Gasteiger partial charge on any atom is -0.345 e. The predicted molar refractivity (Wildman–Crippen MR) is 107 cm³/mol. The minimum absolute atomic E-state index is 0.000268. The molecule has 5 rings (SSSR count). The molecule has 1 saturated heterocycles. The Morgan fingerprint density at radius 1 is 1.18 bits per heavy atom. The van der Waals surface area contributed by atoms with Crippen LogP contribution in [0.1, 0.15) is 53.7 Å². The molecule has 5 nitrogen and oxygen atoms in total. The molecule has 0 bridgehead atoms. The first-order valence-electron chi connectivity index (χ1n) is 9.74. The number of hydrogen-bond acceptors (Lipinski definition) is 4. The number of halogens is 1. The fraction of sp³-hybridized carbons (Fsp3) is 0.455. The van der Waals surface area contributed by atoms with E-state index in [4.69, 9.17) is 21.1 Å². The Hall–Kier alpha value is -1.95. The largest absolute Gasteiger partial charge is 0.345 e. The molecule has 1 fully saturated rings. The van der Waals surface area contributed by atoms with Crippen LogP contribution in [0.15, 0.2) is 30.6 Å². The number of nitrogens with zero attached hydrogens (tertiary/aromatic N) is 2. The van der Waals surface area contributed by atoms with Crippen molar-refractivity contribution in [3.8, 4) is 0 Å². The van der Waals surface area contributed by atoms with Crippen LogP contribution in [0.3, 0.4) is 0 Å². The lowest BCUT2D eigenvalue weighted by Crippen LogP contribution is -2.47. The molecule has 0 atom stereocenters. The number of carbonyl (C=O) groups is 1. The van der Waals surface area contributed by atoms with Gasteiger partial charge in [-0.05, 0) is 42.2 Å². The predicted octanol–water partition coefficient (Wildman–Crippen LogP) is 4.46. The molecule has 0 saturated carbocycles. The van der Waals surface area contributed by atoms with Gasteiger partial charge in [0.1, 0.15) is 0 Å². The monoisotopic (exact) mass is 398 g/mol. The minimum atomic E-state index is -0.745. The maximum atomic E-state index is 13.0. The molecular formula is C22H23ClN2O3. The molecule has 28 heavy (non-hydrogen) atoms. The summed E-state index contributed by atoms with van der Waals surface area (Å²) in [5.74, 6) is -0.751. The van der Waals surface area contributed by atoms with E-state index in [0.717, 1.165) is 41.6 Å². The van der Waals surface area contributed by atoms with Crippen molar-refractivity contribution in [1.82, 2.24) is 4.98 Å². The summed E-state index contributed by atoms with van der Waals surface area (Å²) in [5, 5.41) is 0.646. The standard InChI is InChI=1S/C22H23ClN2O3/c1-21(2)12-27-22(28-13-21)7-3-4-17-18(22)9-24-10-19(17)25-11-14-8-15(23)5-6-16(14)20(25)26/h5-6,8-10H,3-4,7,11-13H2,1-2H3. The highest BCUT2D eigenvalue weighted by atomic mass is 35.5. The molecule has 6 heteroatoms. The maximum Gasteiger partial charge on any atom is 0.258 e. The van der Waals surface area contributed by atoms with Crippen molar-refractivity contribution < 1.29 is 14.3 Å². The number of carbonyl (C=O) groups excluding carboxylic acids is 1. The van der Waals surface area contributed by atoms with Crippen molar-refractivity contribution in [2.45, 2.75) is 45.4 Å². The Labute approximate surface area is 169 Å². The number of amides is 1. The maximum absolute atomic E-state index is 13.0. The summed E-state index contributed by atoms with van der Waals surface area (Å²) in [6.45, 7) is 6.08. The summed E-state index contributed by atoms with van der Waals surface area (Å²) < 4.78 is 12.6. The van der Waals surface area contributed by atoms with Gasteiger partial charge in [-0.3, -0.25) is 9.78 Å². The molecule has 3 aliphatic rings. The average molecular weight is 399 g/mol. The first-order chi connectivity index (χ1) is 13.4. The fourth-order valence-electron chi connectivity index (χ4n) is 4.42. The number of fused-ring (bicyclic) bond motifs is 3. The lowest BCUT2D eigenvalue weighted by Gasteiger charge is -2.46. The summed E-state index contributed by atoms with van der Waals surface area (Å²) in [4.78, 5) is 19.3. The molecule has 2 aliphatic heterocycles. The normalized spacial score (nSPS) is 22.2. The Bertz CT molecular complexity index is 962. The van der Waals surface area contributed by atoms with E-state index in [-0.39, 0.29) is 11.3 Å². The molecule has 0 N–H and O–H groups in total. The third kappa shape index (κ3) is 2.76. The van der Waals surface area contributed by atoms with Crippen LogP contribution in [0.5, 0.6) is 0 Å². The van der Waals surface area contributed by atoms with E-state index in [9.17, 15) is 4.79 Å². The Morgan fingerprint density at radius 2 is 1.96 bits per heavy atom. The SMILES string of the molecule is CC1(C)COC2(CCCc3c(N4Cc5cc(Cl)ccc5C4=O)cncc32)OC1. The number of hydrogen-bond donors (Lipinski definition) is 0. The van der Waals surface area contributed by atoms with Crippen LogP contribution in [0, 0.1) is 5.41 Å². The topological polar surface area (TPSA) is 51.7 Å². The highest BCUT2D eigenvalue weighted by Gasteiger charge is 2.46. The van der Waals surface area contributed by atoms with E-state index in [2.05, 4.69) is 18.8 Å². The van der Waals surface area contributed by atoms with Crippen molar-refractivity contribution in [2.75, 3.05) is 18.1 Å². The molecule has 1 aliphatic carbocycles. The first kappa shape index (κ1) is 18.1. The molecule has 0 radical (unpaired) electrons. The van der Waals surface area contributed by atoms with Gasteiger partial charge >= 0.3 is 0 Å². The molecule has 3 heterocycles. The van der Waals surface area contributed by atoms with Gasteiger partial charge in [0.05, 0.1) is 31.6 Å². The molecule has 1 aromatic heterocycles. The number of benzene rings is 1. The van der Waals surface area contributed by atoms with Gasteiger partial charge in [0.2, 0.25) is 0 Å². The van der Waals surface area contributed by atoms with Crippen LogP contribution in [0.2, 0.25) is 5.02 Å². The Kier molecular flexibility index (Phi) is 4.06. The second-order valence-corrected chi connectivity index (χ2v) is 9.16. The summed E-state index contributed by atoms with van der Waals surface area (Å²) in [6.07, 6.45) is 6.28. The van der Waals surface area contributed by atoms with Crippen molar-refractivity contribution >= 4 is 23.2 Å². The van der Waals surface area contributed by atoms with Crippen molar-refractivity contribution in [2.24, 2.45) is 5.41 Å². The molecule has 146 valence electrons. The fourth-order valence-corrected chi connectivity index (χ4v) is 4.62. The number of aromatic nitrogens is 1. The van der Waals surface area contributed by atoms with Crippen molar-refractivity contribution in [3.63, 3.8) is 0 Å². The molecule has 0 unspecified atom stereocenters. The van der Waals surface area contributed by atoms with Gasteiger partial charge in [0.15, 0.2) is 5.79 Å². The van der Waals surface area contributed by atoms with Gasteiger partial charge in [0, 0.05) is 34.2 Å². The zero-order chi connectivity index (χ0) is 19.5. The van der Waals surface area contributed by atoms with Crippen molar-refractivity contribution in [3.05, 3.63) is 57.9 Å². The molecule has 2 aromatic rings. The summed E-state index contributed by atoms with van der Waals surface area (Å²) in [5.41, 5.74) is 4.58. The number of rotatable bonds is 1. The van der Waals surface area contributed by atoms with E-state index in [1.54, 1.807) is 23.2 Å². The third-order valence-corrected chi connectivity index (χ3v) is 6.17. The lowest BCUT2D eigenvalue weighted by molar-refractivity contribution is -0.313. The van der Waals surface area contributed by atoms with Crippen LogP contribution >= 0.6 is 11.6 Å². The quantitative estimate of drug-likeness (QED) is 0.711. The van der Waals surface area contributed by atoms with E-state index >= 15 is 0 Å². The number of pyridine rings is 1.